The molecular formula is C24H27NO2. The van der Waals surface area contributed by atoms with Gasteiger partial charge in [-0.25, -0.2) is 0 Å². The Morgan fingerprint density at radius 2 is 1.56 bits per heavy atom. The molecule has 0 aliphatic carbocycles. The number of aliphatic hydroxyl groups excluding tert-OH is 1. The second-order valence-corrected chi connectivity index (χ2v) is 6.62. The van der Waals surface area contributed by atoms with Crippen LogP contribution in [0.4, 0.5) is 5.69 Å². The molecule has 3 nitrogen and oxygen atoms in total. The highest BCUT2D eigenvalue weighted by Gasteiger charge is 2.21. The van der Waals surface area contributed by atoms with Crippen LogP contribution in [0.5, 0.6) is 5.75 Å². The number of benzene rings is 3. The van der Waals surface area contributed by atoms with E-state index in [-0.39, 0.29) is 6.10 Å². The minimum absolute atomic E-state index is 0.0391. The van der Waals surface area contributed by atoms with E-state index >= 15 is 0 Å². The zero-order valence-corrected chi connectivity index (χ0v) is 16.1. The van der Waals surface area contributed by atoms with Gasteiger partial charge in [-0.1, -0.05) is 73.7 Å². The molecule has 0 bridgehead atoms. The fourth-order valence-corrected chi connectivity index (χ4v) is 3.47. The van der Waals surface area contributed by atoms with Gasteiger partial charge in [0.25, 0.3) is 0 Å². The monoisotopic (exact) mass is 361 g/mol. The van der Waals surface area contributed by atoms with Gasteiger partial charge in [-0.2, -0.15) is 0 Å². The van der Waals surface area contributed by atoms with E-state index in [1.807, 2.05) is 55.6 Å². The van der Waals surface area contributed by atoms with Crippen LogP contribution in [0.2, 0.25) is 0 Å². The minimum atomic E-state index is -0.622. The summed E-state index contributed by atoms with van der Waals surface area (Å²) in [5, 5.41) is 13.8. The van der Waals surface area contributed by atoms with Crippen molar-refractivity contribution in [1.82, 2.24) is 0 Å². The summed E-state index contributed by atoms with van der Waals surface area (Å²) in [5.41, 5.74) is 4.92. The molecule has 140 valence electrons. The van der Waals surface area contributed by atoms with Crippen LogP contribution < -0.4 is 10.1 Å². The lowest BCUT2D eigenvalue weighted by atomic mass is 9.94. The molecule has 3 aromatic rings. The summed E-state index contributed by atoms with van der Waals surface area (Å²) in [6.07, 6.45) is 0.197. The maximum absolute atomic E-state index is 10.5. The summed E-state index contributed by atoms with van der Waals surface area (Å²) >= 11 is 0. The van der Waals surface area contributed by atoms with Gasteiger partial charge in [0.05, 0.1) is 11.8 Å². The SMILES string of the molecule is CCC(Oc1ccc(-c2ccccc2)c(C(C)O)c1NC)c1ccccc1. The van der Waals surface area contributed by atoms with Crippen LogP contribution in [0, 0.1) is 0 Å². The molecule has 0 aliphatic heterocycles. The van der Waals surface area contributed by atoms with E-state index in [4.69, 9.17) is 4.74 Å². The molecule has 0 amide bonds. The van der Waals surface area contributed by atoms with E-state index in [0.717, 1.165) is 40.1 Å². The van der Waals surface area contributed by atoms with Crippen LogP contribution >= 0.6 is 0 Å². The van der Waals surface area contributed by atoms with Gasteiger partial charge in [0.15, 0.2) is 0 Å². The van der Waals surface area contributed by atoms with E-state index in [2.05, 4.69) is 36.5 Å². The number of rotatable bonds is 7. The summed E-state index contributed by atoms with van der Waals surface area (Å²) in [4.78, 5) is 0. The Balaban J connectivity index is 2.05. The quantitative estimate of drug-likeness (QED) is 0.544. The predicted octanol–water partition coefficient (Wildman–Crippen LogP) is 5.98. The molecular weight excluding hydrogens is 334 g/mol. The molecule has 0 saturated carbocycles. The Morgan fingerprint density at radius 3 is 2.11 bits per heavy atom. The number of anilines is 1. The molecule has 0 fully saturated rings. The van der Waals surface area contributed by atoms with Gasteiger partial charge < -0.3 is 15.2 Å². The molecule has 0 radical (unpaired) electrons. The van der Waals surface area contributed by atoms with Crippen LogP contribution in [0.1, 0.15) is 43.6 Å². The summed E-state index contributed by atoms with van der Waals surface area (Å²) in [5.74, 6) is 0.754. The average Bonchev–Trinajstić information content (AvgIpc) is 2.72. The van der Waals surface area contributed by atoms with Gasteiger partial charge in [0, 0.05) is 12.6 Å². The van der Waals surface area contributed by atoms with E-state index in [1.54, 1.807) is 6.92 Å². The Bertz CT molecular complexity index is 860. The summed E-state index contributed by atoms with van der Waals surface area (Å²) in [6.45, 7) is 3.91. The summed E-state index contributed by atoms with van der Waals surface area (Å²) < 4.78 is 6.38. The maximum atomic E-state index is 10.5. The molecule has 0 aromatic heterocycles. The molecule has 2 N–H and O–H groups in total. The second kappa shape index (κ2) is 8.74. The highest BCUT2D eigenvalue weighted by Crippen LogP contribution is 2.41. The molecule has 27 heavy (non-hydrogen) atoms. The van der Waals surface area contributed by atoms with E-state index in [9.17, 15) is 5.11 Å². The lowest BCUT2D eigenvalue weighted by Crippen LogP contribution is -2.10. The largest absolute Gasteiger partial charge is 0.484 e. The topological polar surface area (TPSA) is 41.5 Å². The van der Waals surface area contributed by atoms with Crippen molar-refractivity contribution in [2.45, 2.75) is 32.5 Å². The Morgan fingerprint density at radius 1 is 0.926 bits per heavy atom. The number of ether oxygens (including phenoxy) is 1. The molecule has 0 spiro atoms. The summed E-state index contributed by atoms with van der Waals surface area (Å²) in [6, 6.07) is 24.4. The average molecular weight is 361 g/mol. The van der Waals surface area contributed by atoms with Crippen LogP contribution in [-0.4, -0.2) is 12.2 Å². The van der Waals surface area contributed by atoms with Crippen LogP contribution in [0.3, 0.4) is 0 Å². The fraction of sp³-hybridized carbons (Fsp3) is 0.250. The second-order valence-electron chi connectivity index (χ2n) is 6.62. The standard InChI is InChI=1S/C24H27NO2/c1-4-21(19-13-9-6-10-14-19)27-22-16-15-20(18-11-7-5-8-12-18)23(17(2)26)24(22)25-3/h5-17,21,25-26H,4H2,1-3H3. The molecule has 2 unspecified atom stereocenters. The first-order valence-electron chi connectivity index (χ1n) is 9.45. The van der Waals surface area contributed by atoms with Crippen molar-refractivity contribution in [3.63, 3.8) is 0 Å². The van der Waals surface area contributed by atoms with Crippen molar-refractivity contribution in [3.05, 3.63) is 83.9 Å². The third-order valence-electron chi connectivity index (χ3n) is 4.77. The zero-order chi connectivity index (χ0) is 19.2. The molecule has 2 atom stereocenters. The third kappa shape index (κ3) is 4.15. The molecule has 0 heterocycles. The highest BCUT2D eigenvalue weighted by molar-refractivity contribution is 5.78. The lowest BCUT2D eigenvalue weighted by Gasteiger charge is -2.24. The maximum Gasteiger partial charge on any atom is 0.143 e. The molecule has 3 heteroatoms. The first-order valence-corrected chi connectivity index (χ1v) is 9.45. The summed E-state index contributed by atoms with van der Waals surface area (Å²) in [7, 11) is 1.87. The van der Waals surface area contributed by atoms with Gasteiger partial charge in [0.2, 0.25) is 0 Å². The van der Waals surface area contributed by atoms with Crippen LogP contribution in [0.25, 0.3) is 11.1 Å². The van der Waals surface area contributed by atoms with Gasteiger partial charge in [-0.15, -0.1) is 0 Å². The van der Waals surface area contributed by atoms with Crippen molar-refractivity contribution in [3.8, 4) is 16.9 Å². The number of aliphatic hydroxyl groups is 1. The predicted molar refractivity (Wildman–Crippen MR) is 112 cm³/mol. The number of hydrogen-bond acceptors (Lipinski definition) is 3. The van der Waals surface area contributed by atoms with Crippen molar-refractivity contribution in [1.29, 1.82) is 0 Å². The van der Waals surface area contributed by atoms with Gasteiger partial charge in [-0.3, -0.25) is 0 Å². The minimum Gasteiger partial charge on any atom is -0.484 e. The van der Waals surface area contributed by atoms with Gasteiger partial charge >= 0.3 is 0 Å². The van der Waals surface area contributed by atoms with Gasteiger partial charge in [-0.05, 0) is 36.1 Å². The lowest BCUT2D eigenvalue weighted by molar-refractivity contribution is 0.193. The molecule has 3 rings (SSSR count). The third-order valence-corrected chi connectivity index (χ3v) is 4.77. The number of hydrogen-bond donors (Lipinski definition) is 2. The van der Waals surface area contributed by atoms with Gasteiger partial charge in [0.1, 0.15) is 11.9 Å². The van der Waals surface area contributed by atoms with Crippen molar-refractivity contribution in [2.75, 3.05) is 12.4 Å². The fourth-order valence-electron chi connectivity index (χ4n) is 3.47. The molecule has 0 aliphatic rings. The first kappa shape index (κ1) is 19.0. The Labute approximate surface area is 161 Å². The molecule has 0 saturated heterocycles. The highest BCUT2D eigenvalue weighted by atomic mass is 16.5. The smallest absolute Gasteiger partial charge is 0.143 e. The zero-order valence-electron chi connectivity index (χ0n) is 16.1. The Kier molecular flexibility index (Phi) is 6.15. The normalized spacial score (nSPS) is 13.0. The van der Waals surface area contributed by atoms with Crippen LogP contribution in [0.15, 0.2) is 72.8 Å². The molecule has 3 aromatic carbocycles. The van der Waals surface area contributed by atoms with Crippen molar-refractivity contribution in [2.24, 2.45) is 0 Å². The number of nitrogens with one attached hydrogen (secondary N) is 1. The van der Waals surface area contributed by atoms with Crippen molar-refractivity contribution >= 4 is 5.69 Å². The van der Waals surface area contributed by atoms with E-state index in [1.165, 1.54) is 0 Å². The first-order chi connectivity index (χ1) is 13.2. The Hall–Kier alpha value is -2.78. The van der Waals surface area contributed by atoms with Crippen LogP contribution in [-0.2, 0) is 0 Å². The van der Waals surface area contributed by atoms with E-state index in [0.29, 0.717) is 0 Å². The van der Waals surface area contributed by atoms with Crippen molar-refractivity contribution < 1.29 is 9.84 Å². The van der Waals surface area contributed by atoms with E-state index < -0.39 is 6.10 Å².